The Morgan fingerprint density at radius 3 is 2.50 bits per heavy atom. The lowest BCUT2D eigenvalue weighted by Gasteiger charge is -2.56. The average molecular weight is 503 g/mol. The summed E-state index contributed by atoms with van der Waals surface area (Å²) in [5, 5.41) is 13.2. The van der Waals surface area contributed by atoms with Gasteiger partial charge in [0.1, 0.15) is 17.2 Å². The van der Waals surface area contributed by atoms with Gasteiger partial charge in [-0.3, -0.25) is 19.2 Å². The first-order valence-corrected chi connectivity index (χ1v) is 11.6. The van der Waals surface area contributed by atoms with Gasteiger partial charge in [-0.25, -0.2) is 8.78 Å². The third kappa shape index (κ3) is 4.12. The zero-order valence-corrected chi connectivity index (χ0v) is 20.5. The van der Waals surface area contributed by atoms with Gasteiger partial charge >= 0.3 is 0 Å². The molecule has 1 aliphatic heterocycles. The molecule has 9 nitrogen and oxygen atoms in total. The quantitative estimate of drug-likeness (QED) is 0.649. The predicted molar refractivity (Wildman–Crippen MR) is 126 cm³/mol. The van der Waals surface area contributed by atoms with E-state index in [1.165, 1.54) is 23.8 Å². The Hall–Kier alpha value is -3.76. The number of aromatic nitrogens is 1. The molecule has 0 atom stereocenters. The number of carbonyl (C=O) groups excluding carboxylic acids is 3. The van der Waals surface area contributed by atoms with Crippen LogP contribution in [-0.4, -0.2) is 62.9 Å². The van der Waals surface area contributed by atoms with Crippen LogP contribution in [0.1, 0.15) is 60.0 Å². The topological polar surface area (TPSA) is 112 Å². The summed E-state index contributed by atoms with van der Waals surface area (Å²) >= 11 is 0. The van der Waals surface area contributed by atoms with Crippen LogP contribution in [0, 0.1) is 11.6 Å². The van der Waals surface area contributed by atoms with Crippen LogP contribution in [0.25, 0.3) is 0 Å². The van der Waals surface area contributed by atoms with Crippen LogP contribution in [0.4, 0.5) is 8.78 Å². The molecule has 1 spiro atoms. The molecular formula is C25H28F2N4O5. The molecule has 3 amide bonds. The molecule has 2 heterocycles. The van der Waals surface area contributed by atoms with Crippen molar-refractivity contribution in [3.8, 4) is 5.75 Å². The maximum Gasteiger partial charge on any atom is 0.274 e. The number of rotatable bonds is 5. The Morgan fingerprint density at radius 1 is 1.25 bits per heavy atom. The highest BCUT2D eigenvalue weighted by Gasteiger charge is 2.54. The lowest BCUT2D eigenvalue weighted by molar-refractivity contribution is -0.134. The van der Waals surface area contributed by atoms with Crippen LogP contribution in [0.3, 0.4) is 0 Å². The van der Waals surface area contributed by atoms with E-state index in [-0.39, 0.29) is 42.3 Å². The molecule has 2 aliphatic rings. The Kier molecular flexibility index (Phi) is 6.36. The summed E-state index contributed by atoms with van der Waals surface area (Å²) in [6.45, 7) is 5.07. The summed E-state index contributed by atoms with van der Waals surface area (Å²) in [4.78, 5) is 54.1. The number of fused-ring (bicyclic) bond motifs is 2. The van der Waals surface area contributed by atoms with Gasteiger partial charge in [0.25, 0.3) is 11.8 Å². The van der Waals surface area contributed by atoms with Crippen molar-refractivity contribution >= 4 is 17.7 Å². The van der Waals surface area contributed by atoms with Crippen LogP contribution in [0.2, 0.25) is 0 Å². The molecule has 1 aromatic carbocycles. The first kappa shape index (κ1) is 25.3. The molecule has 0 bridgehead atoms. The molecule has 2 aromatic rings. The van der Waals surface area contributed by atoms with Crippen LogP contribution < -0.4 is 10.7 Å². The molecule has 0 saturated heterocycles. The number of halogens is 2. The molecule has 11 heteroatoms. The number of amides is 3. The molecule has 1 aliphatic carbocycles. The van der Waals surface area contributed by atoms with Crippen molar-refractivity contribution in [3.63, 3.8) is 0 Å². The lowest BCUT2D eigenvalue weighted by Crippen LogP contribution is -2.65. The number of nitrogens with zero attached hydrogens (tertiary/aromatic N) is 3. The van der Waals surface area contributed by atoms with Gasteiger partial charge in [-0.15, -0.1) is 0 Å². The Morgan fingerprint density at radius 2 is 1.92 bits per heavy atom. The molecule has 36 heavy (non-hydrogen) atoms. The van der Waals surface area contributed by atoms with Crippen molar-refractivity contribution < 1.29 is 28.3 Å². The maximum absolute atomic E-state index is 14.0. The van der Waals surface area contributed by atoms with Crippen molar-refractivity contribution in [3.05, 3.63) is 63.1 Å². The first-order valence-electron chi connectivity index (χ1n) is 11.6. The van der Waals surface area contributed by atoms with Gasteiger partial charge in [0.2, 0.25) is 11.3 Å². The van der Waals surface area contributed by atoms with Gasteiger partial charge in [-0.05, 0) is 32.8 Å². The van der Waals surface area contributed by atoms with E-state index < -0.39 is 45.7 Å². The van der Waals surface area contributed by atoms with E-state index in [0.717, 1.165) is 6.07 Å². The average Bonchev–Trinajstić information content (AvgIpc) is 2.78. The van der Waals surface area contributed by atoms with Crippen molar-refractivity contribution in [2.45, 2.75) is 57.8 Å². The highest BCUT2D eigenvalue weighted by atomic mass is 19.1. The van der Waals surface area contributed by atoms with Crippen LogP contribution in [0.15, 0.2) is 29.2 Å². The molecule has 1 aromatic heterocycles. The van der Waals surface area contributed by atoms with Crippen molar-refractivity contribution in [2.24, 2.45) is 0 Å². The van der Waals surface area contributed by atoms with Crippen LogP contribution in [-0.2, 0) is 16.9 Å². The largest absolute Gasteiger partial charge is 0.503 e. The molecular weight excluding hydrogens is 474 g/mol. The number of aromatic hydroxyl groups is 1. The molecule has 192 valence electrons. The van der Waals surface area contributed by atoms with E-state index in [1.54, 1.807) is 16.8 Å². The van der Waals surface area contributed by atoms with E-state index in [1.807, 2.05) is 13.8 Å². The standard InChI is InChI=1S/C25H28F2N4O5/c1-13(2)30-12-25(8-17(9-25)29(4)14(3)32)31-11-18(21(33)22(34)20(31)24(30)36)23(35)28-10-15-5-6-16(26)7-19(15)27/h5-7,11,13,17,34H,8-10,12H2,1-4H3,(H,28,35). The zero-order valence-electron chi connectivity index (χ0n) is 20.5. The molecule has 1 fully saturated rings. The molecule has 1 saturated carbocycles. The maximum atomic E-state index is 14.0. The summed E-state index contributed by atoms with van der Waals surface area (Å²) in [7, 11) is 1.69. The molecule has 2 N–H and O–H groups in total. The fraction of sp³-hybridized carbons (Fsp3) is 0.440. The van der Waals surface area contributed by atoms with Gasteiger partial charge in [0.15, 0.2) is 11.4 Å². The van der Waals surface area contributed by atoms with Crippen LogP contribution in [0.5, 0.6) is 5.75 Å². The fourth-order valence-corrected chi connectivity index (χ4v) is 4.97. The van der Waals surface area contributed by atoms with Crippen molar-refractivity contribution in [2.75, 3.05) is 13.6 Å². The van der Waals surface area contributed by atoms with E-state index >= 15 is 0 Å². The highest BCUT2D eigenvalue weighted by molar-refractivity contribution is 5.99. The Labute approximate surface area is 206 Å². The van der Waals surface area contributed by atoms with Crippen molar-refractivity contribution in [1.82, 2.24) is 19.7 Å². The van der Waals surface area contributed by atoms with Gasteiger partial charge in [-0.2, -0.15) is 0 Å². The summed E-state index contributed by atoms with van der Waals surface area (Å²) in [6, 6.07) is 2.58. The van der Waals surface area contributed by atoms with Gasteiger partial charge in [0.05, 0.1) is 5.54 Å². The van der Waals surface area contributed by atoms with E-state index in [9.17, 15) is 33.1 Å². The second-order valence-electron chi connectivity index (χ2n) is 9.80. The zero-order chi connectivity index (χ0) is 26.5. The summed E-state index contributed by atoms with van der Waals surface area (Å²) in [5.74, 6) is -3.98. The number of hydrogen-bond acceptors (Lipinski definition) is 5. The van der Waals surface area contributed by atoms with Gasteiger partial charge < -0.3 is 24.8 Å². The fourth-order valence-electron chi connectivity index (χ4n) is 4.97. The minimum absolute atomic E-state index is 0.0142. The van der Waals surface area contributed by atoms with Gasteiger partial charge in [0, 0.05) is 57.0 Å². The second-order valence-corrected chi connectivity index (χ2v) is 9.80. The second kappa shape index (κ2) is 9.03. The summed E-state index contributed by atoms with van der Waals surface area (Å²) in [5.41, 5.74) is -2.35. The van der Waals surface area contributed by atoms with E-state index in [2.05, 4.69) is 5.32 Å². The summed E-state index contributed by atoms with van der Waals surface area (Å²) in [6.07, 6.45) is 2.17. The third-order valence-electron chi connectivity index (χ3n) is 7.22. The minimum Gasteiger partial charge on any atom is -0.503 e. The molecule has 0 radical (unpaired) electrons. The van der Waals surface area contributed by atoms with E-state index in [0.29, 0.717) is 18.9 Å². The first-order chi connectivity index (χ1) is 16.9. The Bertz CT molecular complexity index is 1320. The number of nitrogens with one attached hydrogen (secondary N) is 1. The number of pyridine rings is 1. The summed E-state index contributed by atoms with van der Waals surface area (Å²) < 4.78 is 28.6. The minimum atomic E-state index is -1.02. The smallest absolute Gasteiger partial charge is 0.274 e. The third-order valence-corrected chi connectivity index (χ3v) is 7.22. The van der Waals surface area contributed by atoms with Crippen LogP contribution >= 0.6 is 0 Å². The number of hydrogen-bond donors (Lipinski definition) is 2. The number of carbonyl (C=O) groups is 3. The monoisotopic (exact) mass is 502 g/mol. The SMILES string of the molecule is CC(=O)N(C)C1CC2(C1)CN(C(C)C)C(=O)c1c(O)c(=O)c(C(=O)NCc3ccc(F)cc3F)cn12. The molecule has 0 unspecified atom stereocenters. The van der Waals surface area contributed by atoms with Gasteiger partial charge in [-0.1, -0.05) is 6.07 Å². The lowest BCUT2D eigenvalue weighted by atomic mass is 9.69. The molecule has 4 rings (SSSR count). The number of benzene rings is 1. The van der Waals surface area contributed by atoms with E-state index in [4.69, 9.17) is 0 Å². The van der Waals surface area contributed by atoms with Crippen molar-refractivity contribution in [1.29, 1.82) is 0 Å². The predicted octanol–water partition coefficient (Wildman–Crippen LogP) is 1.96. The highest BCUT2D eigenvalue weighted by Crippen LogP contribution is 2.47. The Balaban J connectivity index is 1.72. The normalized spacial score (nSPS) is 20.8.